The first-order valence-corrected chi connectivity index (χ1v) is 9.48. The quantitative estimate of drug-likeness (QED) is 0.636. The van der Waals surface area contributed by atoms with Crippen LogP contribution in [0.3, 0.4) is 0 Å². The summed E-state index contributed by atoms with van der Waals surface area (Å²) in [7, 11) is -3.30. The van der Waals surface area contributed by atoms with Crippen LogP contribution in [-0.2, 0) is 16.4 Å². The fourth-order valence-electron chi connectivity index (χ4n) is 2.49. The Kier molecular flexibility index (Phi) is 5.25. The molecule has 5 nitrogen and oxygen atoms in total. The molecule has 0 bridgehead atoms. The maximum absolute atomic E-state index is 13.0. The molecule has 1 aromatic heterocycles. The number of benzene rings is 2. The first kappa shape index (κ1) is 17.3. The topological polar surface area (TPSA) is 74.8 Å². The van der Waals surface area contributed by atoms with Crippen LogP contribution in [0, 0.1) is 5.82 Å². The molecule has 0 fully saturated rings. The van der Waals surface area contributed by atoms with Gasteiger partial charge in [-0.1, -0.05) is 18.2 Å². The number of aromatic nitrogens is 2. The number of H-pyrrole nitrogens is 1. The molecule has 0 unspecified atom stereocenters. The largest absolute Gasteiger partial charge is 0.312 e. The van der Waals surface area contributed by atoms with Gasteiger partial charge in [-0.2, -0.15) is 5.10 Å². The third-order valence-corrected chi connectivity index (χ3v) is 5.55. The van der Waals surface area contributed by atoms with E-state index in [-0.39, 0.29) is 11.6 Å². The van der Waals surface area contributed by atoms with Gasteiger partial charge in [-0.3, -0.25) is 5.10 Å². The number of nitrogens with zero attached hydrogens (tertiary/aromatic N) is 1. The van der Waals surface area contributed by atoms with Gasteiger partial charge in [-0.05, 0) is 36.4 Å². The number of hydrogen-bond acceptors (Lipinski definition) is 4. The molecule has 0 amide bonds. The van der Waals surface area contributed by atoms with Gasteiger partial charge in [0.1, 0.15) is 5.82 Å². The molecule has 3 rings (SSSR count). The van der Waals surface area contributed by atoms with Gasteiger partial charge in [0.05, 0.1) is 22.5 Å². The molecular formula is C18H18FN3O2S. The highest BCUT2D eigenvalue weighted by atomic mass is 32.2. The lowest BCUT2D eigenvalue weighted by atomic mass is 10.1. The minimum atomic E-state index is -3.30. The minimum absolute atomic E-state index is 0.0146. The van der Waals surface area contributed by atoms with Crippen LogP contribution in [0.4, 0.5) is 4.39 Å². The van der Waals surface area contributed by atoms with E-state index >= 15 is 0 Å². The van der Waals surface area contributed by atoms with Gasteiger partial charge in [0.25, 0.3) is 0 Å². The average molecular weight is 359 g/mol. The number of sulfone groups is 1. The van der Waals surface area contributed by atoms with Crippen LogP contribution in [0.1, 0.15) is 5.56 Å². The number of hydrogen-bond donors (Lipinski definition) is 2. The third kappa shape index (κ3) is 4.32. The Morgan fingerprint density at radius 3 is 2.48 bits per heavy atom. The van der Waals surface area contributed by atoms with Gasteiger partial charge >= 0.3 is 0 Å². The van der Waals surface area contributed by atoms with E-state index in [1.54, 1.807) is 48.7 Å². The molecule has 2 N–H and O–H groups in total. The minimum Gasteiger partial charge on any atom is -0.312 e. The fraction of sp³-hybridized carbons (Fsp3) is 0.167. The summed E-state index contributed by atoms with van der Waals surface area (Å²) in [6.45, 7) is 0.790. The van der Waals surface area contributed by atoms with Crippen molar-refractivity contribution in [2.45, 2.75) is 11.4 Å². The monoisotopic (exact) mass is 359 g/mol. The van der Waals surface area contributed by atoms with Crippen molar-refractivity contribution < 1.29 is 12.8 Å². The Balaban J connectivity index is 1.59. The number of rotatable bonds is 7. The Labute approximate surface area is 145 Å². The van der Waals surface area contributed by atoms with Crippen molar-refractivity contribution in [3.05, 3.63) is 72.2 Å². The summed E-state index contributed by atoms with van der Waals surface area (Å²) in [5, 5.41) is 10.0. The second-order valence-corrected chi connectivity index (χ2v) is 7.69. The van der Waals surface area contributed by atoms with Crippen molar-refractivity contribution >= 4 is 9.84 Å². The molecule has 0 radical (unpaired) electrons. The predicted molar refractivity (Wildman–Crippen MR) is 94.2 cm³/mol. The molecular weight excluding hydrogens is 341 g/mol. The molecule has 2 aromatic carbocycles. The molecule has 0 aliphatic carbocycles. The highest BCUT2D eigenvalue weighted by Gasteiger charge is 2.13. The lowest BCUT2D eigenvalue weighted by Crippen LogP contribution is -2.22. The summed E-state index contributed by atoms with van der Waals surface area (Å²) in [5.41, 5.74) is 2.51. The lowest BCUT2D eigenvalue weighted by molar-refractivity contribution is 0.590. The van der Waals surface area contributed by atoms with Crippen LogP contribution in [0.2, 0.25) is 0 Å². The van der Waals surface area contributed by atoms with Crippen molar-refractivity contribution in [1.82, 2.24) is 15.5 Å². The zero-order valence-corrected chi connectivity index (χ0v) is 14.3. The highest BCUT2D eigenvalue weighted by molar-refractivity contribution is 7.91. The molecule has 0 saturated heterocycles. The summed E-state index contributed by atoms with van der Waals surface area (Å²) in [5.74, 6) is -0.283. The van der Waals surface area contributed by atoms with E-state index < -0.39 is 9.84 Å². The van der Waals surface area contributed by atoms with Gasteiger partial charge in [0.2, 0.25) is 0 Å². The molecule has 1 heterocycles. The van der Waals surface area contributed by atoms with Crippen molar-refractivity contribution in [1.29, 1.82) is 0 Å². The molecule has 0 saturated carbocycles. The Bertz CT molecular complexity index is 922. The number of aromatic amines is 1. The molecule has 25 heavy (non-hydrogen) atoms. The average Bonchev–Trinajstić information content (AvgIpc) is 3.09. The van der Waals surface area contributed by atoms with E-state index in [0.29, 0.717) is 18.0 Å². The fourth-order valence-corrected chi connectivity index (χ4v) is 3.71. The van der Waals surface area contributed by atoms with E-state index in [1.807, 2.05) is 0 Å². The summed E-state index contributed by atoms with van der Waals surface area (Å²) >= 11 is 0. The predicted octanol–water partition coefficient (Wildman–Crippen LogP) is 2.78. The van der Waals surface area contributed by atoms with Crippen molar-refractivity contribution in [2.75, 3.05) is 12.3 Å². The molecule has 0 aliphatic rings. The van der Waals surface area contributed by atoms with Gasteiger partial charge < -0.3 is 5.32 Å². The zero-order chi connectivity index (χ0) is 17.7. The second kappa shape index (κ2) is 7.58. The van der Waals surface area contributed by atoms with Gasteiger partial charge in [0, 0.05) is 24.2 Å². The smallest absolute Gasteiger partial charge is 0.179 e. The van der Waals surface area contributed by atoms with Crippen molar-refractivity contribution in [3.63, 3.8) is 0 Å². The van der Waals surface area contributed by atoms with E-state index in [1.165, 1.54) is 12.1 Å². The normalized spacial score (nSPS) is 11.6. The maximum Gasteiger partial charge on any atom is 0.179 e. The Hall–Kier alpha value is -2.51. The molecule has 3 aromatic rings. The van der Waals surface area contributed by atoms with Crippen LogP contribution in [-0.4, -0.2) is 30.9 Å². The SMILES string of the molecule is O=S(=O)(CCNCc1cn[nH]c1-c1ccc(F)cc1)c1ccccc1. The van der Waals surface area contributed by atoms with Crippen LogP contribution < -0.4 is 5.32 Å². The van der Waals surface area contributed by atoms with Crippen LogP contribution >= 0.6 is 0 Å². The van der Waals surface area contributed by atoms with E-state index in [0.717, 1.165) is 16.8 Å². The zero-order valence-electron chi connectivity index (χ0n) is 13.4. The summed E-state index contributed by atoms with van der Waals surface area (Å²) < 4.78 is 37.5. The van der Waals surface area contributed by atoms with Crippen LogP contribution in [0.25, 0.3) is 11.3 Å². The van der Waals surface area contributed by atoms with Gasteiger partial charge in [-0.15, -0.1) is 0 Å². The maximum atomic E-state index is 13.0. The van der Waals surface area contributed by atoms with E-state index in [2.05, 4.69) is 15.5 Å². The van der Waals surface area contributed by atoms with Crippen molar-refractivity contribution in [2.24, 2.45) is 0 Å². The van der Waals surface area contributed by atoms with E-state index in [9.17, 15) is 12.8 Å². The first-order chi connectivity index (χ1) is 12.1. The van der Waals surface area contributed by atoms with E-state index in [4.69, 9.17) is 0 Å². The molecule has 0 atom stereocenters. The molecule has 0 aliphatic heterocycles. The third-order valence-electron chi connectivity index (χ3n) is 3.82. The Morgan fingerprint density at radius 1 is 1.04 bits per heavy atom. The second-order valence-electron chi connectivity index (χ2n) is 5.59. The first-order valence-electron chi connectivity index (χ1n) is 7.83. The summed E-state index contributed by atoms with van der Waals surface area (Å²) in [4.78, 5) is 0.326. The van der Waals surface area contributed by atoms with Crippen LogP contribution in [0.15, 0.2) is 65.7 Å². The molecule has 0 spiro atoms. The molecule has 7 heteroatoms. The van der Waals surface area contributed by atoms with Crippen molar-refractivity contribution in [3.8, 4) is 11.3 Å². The van der Waals surface area contributed by atoms with Gasteiger partial charge in [0.15, 0.2) is 9.84 Å². The summed E-state index contributed by atoms with van der Waals surface area (Å²) in [6, 6.07) is 14.5. The highest BCUT2D eigenvalue weighted by Crippen LogP contribution is 2.21. The standard InChI is InChI=1S/C18H18FN3O2S/c19-16-8-6-14(7-9-16)18-15(13-21-22-18)12-20-10-11-25(23,24)17-4-2-1-3-5-17/h1-9,13,20H,10-12H2,(H,21,22). The lowest BCUT2D eigenvalue weighted by Gasteiger charge is -2.07. The van der Waals surface area contributed by atoms with Gasteiger partial charge in [-0.25, -0.2) is 12.8 Å². The summed E-state index contributed by atoms with van der Waals surface area (Å²) in [6.07, 6.45) is 1.68. The number of nitrogens with one attached hydrogen (secondary N) is 2. The Morgan fingerprint density at radius 2 is 1.76 bits per heavy atom. The molecule has 130 valence electrons. The number of halogens is 1. The van der Waals surface area contributed by atoms with Crippen LogP contribution in [0.5, 0.6) is 0 Å².